The molecule has 12 heavy (non-hydrogen) atoms. The largest absolute Gasteiger partial charge is 0.337 e. The first-order chi connectivity index (χ1) is 5.77. The third-order valence-electron chi connectivity index (χ3n) is 1.74. The molecule has 0 aromatic carbocycles. The number of fused-ring (bicyclic) bond motifs is 1. The van der Waals surface area contributed by atoms with Gasteiger partial charge in [0.25, 0.3) is 0 Å². The molecule has 0 fully saturated rings. The Kier molecular flexibility index (Phi) is 2.07. The summed E-state index contributed by atoms with van der Waals surface area (Å²) in [5, 5.41) is 3.51. The minimum absolute atomic E-state index is 0.0677. The third kappa shape index (κ3) is 1.34. The molecule has 1 N–H and O–H groups in total. The first-order valence-electron chi connectivity index (χ1n) is 3.50. The van der Waals surface area contributed by atoms with E-state index >= 15 is 0 Å². The van der Waals surface area contributed by atoms with Crippen LogP contribution in [0.15, 0.2) is 38.4 Å². The van der Waals surface area contributed by atoms with E-state index in [1.165, 1.54) is 0 Å². The maximum atomic E-state index is 5.92. The van der Waals surface area contributed by atoms with Gasteiger partial charge in [0.1, 0.15) is 5.16 Å². The highest BCUT2D eigenvalue weighted by Gasteiger charge is 2.18. The van der Waals surface area contributed by atoms with Crippen LogP contribution >= 0.6 is 27.5 Å². The minimum atomic E-state index is 0.0677. The smallest absolute Gasteiger partial charge is 0.113 e. The lowest BCUT2D eigenvalue weighted by molar-refractivity contribution is 0.917. The molecular formula is C8H6BrClN2. The van der Waals surface area contributed by atoms with Gasteiger partial charge in [-0.25, -0.2) is 0 Å². The maximum absolute atomic E-state index is 5.92. The lowest BCUT2D eigenvalue weighted by Crippen LogP contribution is -2.22. The quantitative estimate of drug-likeness (QED) is 0.651. The van der Waals surface area contributed by atoms with Crippen LogP contribution in [0, 0.1) is 0 Å². The number of halogens is 2. The van der Waals surface area contributed by atoms with Crippen LogP contribution in [-0.4, -0.2) is 12.4 Å². The molecule has 4 heteroatoms. The summed E-state index contributed by atoms with van der Waals surface area (Å²) in [4.78, 5) is 4.22. The molecule has 0 aromatic heterocycles. The van der Waals surface area contributed by atoms with Gasteiger partial charge >= 0.3 is 0 Å². The van der Waals surface area contributed by atoms with Gasteiger partial charge in [-0.15, -0.1) is 0 Å². The molecule has 62 valence electrons. The molecule has 1 aliphatic heterocycles. The maximum Gasteiger partial charge on any atom is 0.113 e. The van der Waals surface area contributed by atoms with Crippen molar-refractivity contribution >= 4 is 33.9 Å². The second-order valence-corrected chi connectivity index (χ2v) is 3.82. The molecule has 2 aliphatic rings. The number of hydrogen-bond acceptors (Lipinski definition) is 2. The highest BCUT2D eigenvalue weighted by Crippen LogP contribution is 2.26. The van der Waals surface area contributed by atoms with E-state index in [0.717, 1.165) is 10.1 Å². The molecule has 0 amide bonds. The van der Waals surface area contributed by atoms with Crippen LogP contribution in [0.1, 0.15) is 0 Å². The molecule has 0 bridgehead atoms. The van der Waals surface area contributed by atoms with E-state index in [-0.39, 0.29) is 6.04 Å². The van der Waals surface area contributed by atoms with Gasteiger partial charge in [-0.1, -0.05) is 33.6 Å². The molecule has 0 saturated heterocycles. The van der Waals surface area contributed by atoms with E-state index < -0.39 is 0 Å². The minimum Gasteiger partial charge on any atom is -0.337 e. The van der Waals surface area contributed by atoms with Gasteiger partial charge in [0, 0.05) is 10.1 Å². The van der Waals surface area contributed by atoms with Gasteiger partial charge in [0.2, 0.25) is 0 Å². The van der Waals surface area contributed by atoms with Gasteiger partial charge in [-0.2, -0.15) is 0 Å². The predicted molar refractivity (Wildman–Crippen MR) is 54.4 cm³/mol. The van der Waals surface area contributed by atoms with Crippen molar-refractivity contribution in [2.24, 2.45) is 4.99 Å². The fourth-order valence-corrected chi connectivity index (χ4v) is 1.75. The Bertz CT molecular complexity index is 328. The van der Waals surface area contributed by atoms with Crippen molar-refractivity contribution in [3.63, 3.8) is 0 Å². The Hall–Kier alpha value is -0.540. The Balaban J connectivity index is 2.40. The van der Waals surface area contributed by atoms with Crippen LogP contribution in [0.3, 0.4) is 0 Å². The molecule has 1 atom stereocenters. The topological polar surface area (TPSA) is 24.4 Å². The summed E-state index contributed by atoms with van der Waals surface area (Å²) in [7, 11) is 0. The molecule has 1 heterocycles. The number of allylic oxidation sites excluding steroid dienone is 2. The Morgan fingerprint density at radius 3 is 3.17 bits per heavy atom. The van der Waals surface area contributed by atoms with Crippen molar-refractivity contribution in [1.82, 2.24) is 5.32 Å². The Morgan fingerprint density at radius 2 is 2.33 bits per heavy atom. The Labute approximate surface area is 83.8 Å². The van der Waals surface area contributed by atoms with Crippen LogP contribution in [0.5, 0.6) is 0 Å². The molecule has 0 radical (unpaired) electrons. The molecule has 0 saturated carbocycles. The normalized spacial score (nSPS) is 26.5. The van der Waals surface area contributed by atoms with Gasteiger partial charge in [-0.3, -0.25) is 4.99 Å². The van der Waals surface area contributed by atoms with Gasteiger partial charge in [-0.05, 0) is 12.2 Å². The fraction of sp³-hybridized carbons (Fsp3) is 0.125. The number of hydrogen-bond donors (Lipinski definition) is 1. The highest BCUT2D eigenvalue weighted by molar-refractivity contribution is 9.11. The average molecular weight is 246 g/mol. The molecular weight excluding hydrogens is 239 g/mol. The summed E-state index contributed by atoms with van der Waals surface area (Å²) in [5.41, 5.74) is 1.02. The summed E-state index contributed by atoms with van der Waals surface area (Å²) in [6.07, 6.45) is 7.54. The number of nitrogens with zero attached hydrogens (tertiary/aromatic N) is 1. The van der Waals surface area contributed by atoms with E-state index in [1.807, 2.05) is 18.2 Å². The van der Waals surface area contributed by atoms with Crippen molar-refractivity contribution in [2.45, 2.75) is 6.04 Å². The molecule has 0 aromatic rings. The number of aliphatic imine (C=N–C) groups is 1. The zero-order valence-electron chi connectivity index (χ0n) is 6.09. The summed E-state index contributed by atoms with van der Waals surface area (Å²) in [6, 6.07) is 0.0677. The third-order valence-corrected chi connectivity index (χ3v) is 2.59. The van der Waals surface area contributed by atoms with Gasteiger partial charge in [0.05, 0.1) is 12.4 Å². The van der Waals surface area contributed by atoms with Crippen LogP contribution in [-0.2, 0) is 0 Å². The van der Waals surface area contributed by atoms with E-state index in [4.69, 9.17) is 11.6 Å². The monoisotopic (exact) mass is 244 g/mol. The van der Waals surface area contributed by atoms with Crippen LogP contribution < -0.4 is 5.32 Å². The van der Waals surface area contributed by atoms with Crippen molar-refractivity contribution in [3.05, 3.63) is 33.4 Å². The molecule has 1 unspecified atom stereocenters. The van der Waals surface area contributed by atoms with Crippen LogP contribution in [0.2, 0.25) is 0 Å². The van der Waals surface area contributed by atoms with E-state index in [2.05, 4.69) is 26.2 Å². The first-order valence-corrected chi connectivity index (χ1v) is 4.68. The first kappa shape index (κ1) is 8.08. The predicted octanol–water partition coefficient (Wildman–Crippen LogP) is 2.29. The average Bonchev–Trinajstić information content (AvgIpc) is 2.04. The zero-order chi connectivity index (χ0) is 8.55. The highest BCUT2D eigenvalue weighted by atomic mass is 79.9. The summed E-state index contributed by atoms with van der Waals surface area (Å²) in [5.74, 6) is 0. The zero-order valence-corrected chi connectivity index (χ0v) is 8.43. The Morgan fingerprint density at radius 1 is 1.50 bits per heavy atom. The van der Waals surface area contributed by atoms with Gasteiger partial charge < -0.3 is 5.32 Å². The SMILES string of the molecule is ClC1=C2C=CC(Br)=CC2N=CN1. The fourth-order valence-electron chi connectivity index (χ4n) is 1.15. The molecule has 2 rings (SSSR count). The summed E-state index contributed by atoms with van der Waals surface area (Å²) < 4.78 is 1.04. The molecule has 0 spiro atoms. The standard InChI is InChI=1S/C8H6BrClN2/c9-5-1-2-6-7(3-5)11-4-12-8(6)10/h1-4,7H,(H,11,12). The summed E-state index contributed by atoms with van der Waals surface area (Å²) >= 11 is 9.30. The molecule has 1 aliphatic carbocycles. The number of nitrogens with one attached hydrogen (secondary N) is 1. The molecule has 2 nitrogen and oxygen atoms in total. The second kappa shape index (κ2) is 3.07. The van der Waals surface area contributed by atoms with Crippen molar-refractivity contribution in [3.8, 4) is 0 Å². The van der Waals surface area contributed by atoms with Crippen molar-refractivity contribution in [1.29, 1.82) is 0 Å². The van der Waals surface area contributed by atoms with Gasteiger partial charge in [0.15, 0.2) is 0 Å². The number of rotatable bonds is 0. The van der Waals surface area contributed by atoms with E-state index in [9.17, 15) is 0 Å². The summed E-state index contributed by atoms with van der Waals surface area (Å²) in [6.45, 7) is 0. The van der Waals surface area contributed by atoms with Crippen molar-refractivity contribution < 1.29 is 0 Å². The van der Waals surface area contributed by atoms with Crippen molar-refractivity contribution in [2.75, 3.05) is 0 Å². The van der Waals surface area contributed by atoms with Crippen LogP contribution in [0.4, 0.5) is 0 Å². The lowest BCUT2D eigenvalue weighted by Gasteiger charge is -2.19. The van der Waals surface area contributed by atoms with Crippen LogP contribution in [0.25, 0.3) is 0 Å². The lowest BCUT2D eigenvalue weighted by atomic mass is 10.0. The van der Waals surface area contributed by atoms with E-state index in [1.54, 1.807) is 6.34 Å². The second-order valence-electron chi connectivity index (χ2n) is 2.52. The van der Waals surface area contributed by atoms with E-state index in [0.29, 0.717) is 5.16 Å².